The maximum atomic E-state index is 12.7. The van der Waals surface area contributed by atoms with Crippen molar-refractivity contribution in [2.45, 2.75) is 0 Å². The first-order chi connectivity index (χ1) is 12.9. The Bertz CT molecular complexity index is 1170. The number of aromatic hydroxyl groups is 1. The van der Waals surface area contributed by atoms with Crippen LogP contribution < -0.4 is 5.56 Å². The van der Waals surface area contributed by atoms with Crippen LogP contribution in [0.4, 0.5) is 0 Å². The van der Waals surface area contributed by atoms with Crippen LogP contribution in [0.25, 0.3) is 5.69 Å². The Kier molecular flexibility index (Phi) is 4.56. The van der Waals surface area contributed by atoms with Gasteiger partial charge < -0.3 is 10.2 Å². The molecule has 0 bridgehead atoms. The van der Waals surface area contributed by atoms with E-state index in [4.69, 9.17) is 0 Å². The molecule has 0 saturated heterocycles. The molecule has 0 aliphatic carbocycles. The molecule has 2 N–H and O–H groups in total. The molecular weight excluding hydrogens is 348 g/mol. The minimum Gasteiger partial charge on any atom is -0.507 e. The second kappa shape index (κ2) is 6.98. The fourth-order valence-corrected chi connectivity index (χ4v) is 2.65. The smallest absolute Gasteiger partial charge is 0.337 e. The first-order valence-corrected chi connectivity index (χ1v) is 7.76. The summed E-state index contributed by atoms with van der Waals surface area (Å²) in [6, 6.07) is 14.5. The van der Waals surface area contributed by atoms with Crippen molar-refractivity contribution in [3.05, 3.63) is 93.4 Å². The molecule has 27 heavy (non-hydrogen) atoms. The van der Waals surface area contributed by atoms with E-state index in [1.54, 1.807) is 18.2 Å². The zero-order valence-corrected chi connectivity index (χ0v) is 13.8. The Morgan fingerprint density at radius 2 is 1.63 bits per heavy atom. The van der Waals surface area contributed by atoms with Crippen LogP contribution in [-0.2, 0) is 0 Å². The van der Waals surface area contributed by atoms with Gasteiger partial charge in [-0.15, -0.1) is 0 Å². The molecule has 0 amide bonds. The van der Waals surface area contributed by atoms with E-state index in [1.165, 1.54) is 42.6 Å². The Hall–Kier alpha value is -4.18. The van der Waals surface area contributed by atoms with Gasteiger partial charge in [0, 0.05) is 11.8 Å². The lowest BCUT2D eigenvalue weighted by molar-refractivity contribution is 0.0696. The van der Waals surface area contributed by atoms with Crippen LogP contribution in [0.3, 0.4) is 0 Å². The van der Waals surface area contributed by atoms with Gasteiger partial charge >= 0.3 is 5.97 Å². The predicted octanol–water partition coefficient (Wildman–Crippen LogP) is 2.34. The molecular formula is C20H12N2O5. The molecule has 0 aliphatic rings. The lowest BCUT2D eigenvalue weighted by atomic mass is 10.0. The van der Waals surface area contributed by atoms with E-state index >= 15 is 0 Å². The molecule has 3 aromatic rings. The summed E-state index contributed by atoms with van der Waals surface area (Å²) in [5.74, 6) is -2.11. The molecule has 1 heterocycles. The molecule has 0 unspecified atom stereocenters. The summed E-state index contributed by atoms with van der Waals surface area (Å²) >= 11 is 0. The predicted molar refractivity (Wildman–Crippen MR) is 95.3 cm³/mol. The third-order valence-corrected chi connectivity index (χ3v) is 3.94. The van der Waals surface area contributed by atoms with Gasteiger partial charge in [-0.25, -0.2) is 4.79 Å². The van der Waals surface area contributed by atoms with Crippen molar-refractivity contribution in [2.24, 2.45) is 0 Å². The van der Waals surface area contributed by atoms with E-state index in [1.807, 2.05) is 0 Å². The number of nitriles is 1. The number of phenolic OH excluding ortho intramolecular Hbond substituents is 1. The van der Waals surface area contributed by atoms with Crippen LogP contribution in [0, 0.1) is 11.3 Å². The summed E-state index contributed by atoms with van der Waals surface area (Å²) in [7, 11) is 0. The fraction of sp³-hybridized carbons (Fsp3) is 0. The van der Waals surface area contributed by atoms with Crippen LogP contribution in [-0.4, -0.2) is 26.5 Å². The minimum absolute atomic E-state index is 0.00175. The van der Waals surface area contributed by atoms with E-state index in [0.29, 0.717) is 0 Å². The number of carboxylic acids is 1. The lowest BCUT2D eigenvalue weighted by Gasteiger charge is -2.12. The number of para-hydroxylation sites is 2. The molecule has 7 nitrogen and oxygen atoms in total. The highest BCUT2D eigenvalue weighted by atomic mass is 16.4. The summed E-state index contributed by atoms with van der Waals surface area (Å²) in [5, 5.41) is 28.5. The average molecular weight is 360 g/mol. The van der Waals surface area contributed by atoms with Crippen LogP contribution in [0.1, 0.15) is 31.8 Å². The van der Waals surface area contributed by atoms with Crippen LogP contribution in [0.15, 0.2) is 65.6 Å². The number of hydrogen-bond acceptors (Lipinski definition) is 5. The topological polar surface area (TPSA) is 120 Å². The number of benzene rings is 2. The van der Waals surface area contributed by atoms with Crippen molar-refractivity contribution in [3.63, 3.8) is 0 Å². The molecule has 0 radical (unpaired) electrons. The van der Waals surface area contributed by atoms with Gasteiger partial charge in [0.25, 0.3) is 5.56 Å². The molecule has 132 valence electrons. The number of carbonyl (C=O) groups is 2. The molecule has 0 fully saturated rings. The summed E-state index contributed by atoms with van der Waals surface area (Å²) in [6.07, 6.45) is 1.17. The van der Waals surface area contributed by atoms with E-state index in [0.717, 1.165) is 10.6 Å². The van der Waals surface area contributed by atoms with Crippen LogP contribution in [0.2, 0.25) is 0 Å². The van der Waals surface area contributed by atoms with Gasteiger partial charge in [-0.1, -0.05) is 24.3 Å². The maximum Gasteiger partial charge on any atom is 0.337 e. The quantitative estimate of drug-likeness (QED) is 0.689. The van der Waals surface area contributed by atoms with E-state index in [-0.39, 0.29) is 33.7 Å². The number of hydrogen-bond donors (Lipinski definition) is 2. The van der Waals surface area contributed by atoms with Gasteiger partial charge in [0.2, 0.25) is 0 Å². The number of aromatic carboxylic acids is 1. The summed E-state index contributed by atoms with van der Waals surface area (Å²) in [6.45, 7) is 0. The molecule has 7 heteroatoms. The Balaban J connectivity index is 2.27. The lowest BCUT2D eigenvalue weighted by Crippen LogP contribution is -2.24. The Labute approximate surface area is 153 Å². The van der Waals surface area contributed by atoms with Crippen molar-refractivity contribution in [1.82, 2.24) is 4.57 Å². The first-order valence-electron chi connectivity index (χ1n) is 7.76. The Morgan fingerprint density at radius 3 is 2.26 bits per heavy atom. The van der Waals surface area contributed by atoms with E-state index in [9.17, 15) is 29.9 Å². The summed E-state index contributed by atoms with van der Waals surface area (Å²) in [5.41, 5.74) is -1.24. The van der Waals surface area contributed by atoms with Gasteiger partial charge in [-0.05, 0) is 30.3 Å². The largest absolute Gasteiger partial charge is 0.507 e. The SMILES string of the molecule is N#Cc1cc(C(=O)c2ccccc2O)cn(-c2ccccc2C(=O)O)c1=O. The van der Waals surface area contributed by atoms with Crippen LogP contribution in [0.5, 0.6) is 5.75 Å². The third-order valence-electron chi connectivity index (χ3n) is 3.94. The van der Waals surface area contributed by atoms with Crippen molar-refractivity contribution in [3.8, 4) is 17.5 Å². The number of rotatable bonds is 4. The van der Waals surface area contributed by atoms with Gasteiger partial charge in [0.05, 0.1) is 16.8 Å². The number of aromatic nitrogens is 1. The minimum atomic E-state index is -1.26. The molecule has 0 saturated carbocycles. The highest BCUT2D eigenvalue weighted by Crippen LogP contribution is 2.21. The monoisotopic (exact) mass is 360 g/mol. The molecule has 2 aromatic carbocycles. The maximum absolute atomic E-state index is 12.7. The summed E-state index contributed by atoms with van der Waals surface area (Å²) in [4.78, 5) is 36.8. The second-order valence-corrected chi connectivity index (χ2v) is 5.60. The number of pyridine rings is 1. The normalized spacial score (nSPS) is 10.2. The number of ketones is 1. The standard InChI is InChI=1S/C20H12N2O5/c21-10-12-9-13(18(24)15-6-2-4-8-17(15)23)11-22(19(12)25)16-7-3-1-5-14(16)20(26)27/h1-9,11,23H,(H,26,27). The Morgan fingerprint density at radius 1 is 1.00 bits per heavy atom. The molecule has 1 aromatic heterocycles. The second-order valence-electron chi connectivity index (χ2n) is 5.60. The third kappa shape index (κ3) is 3.19. The van der Waals surface area contributed by atoms with Gasteiger partial charge in [0.15, 0.2) is 5.78 Å². The number of phenols is 1. The molecule has 3 rings (SSSR count). The highest BCUT2D eigenvalue weighted by molar-refractivity contribution is 6.10. The zero-order chi connectivity index (χ0) is 19.6. The van der Waals surface area contributed by atoms with E-state index in [2.05, 4.69) is 0 Å². The first kappa shape index (κ1) is 17.6. The van der Waals surface area contributed by atoms with Crippen molar-refractivity contribution in [1.29, 1.82) is 5.26 Å². The summed E-state index contributed by atoms with van der Waals surface area (Å²) < 4.78 is 0.954. The number of carboxylic acid groups (broad SMARTS) is 1. The average Bonchev–Trinajstić information content (AvgIpc) is 2.68. The van der Waals surface area contributed by atoms with Crippen molar-refractivity contribution < 1.29 is 19.8 Å². The van der Waals surface area contributed by atoms with E-state index < -0.39 is 17.3 Å². The van der Waals surface area contributed by atoms with Crippen molar-refractivity contribution in [2.75, 3.05) is 0 Å². The van der Waals surface area contributed by atoms with Crippen LogP contribution >= 0.6 is 0 Å². The molecule has 0 aliphatic heterocycles. The zero-order valence-electron chi connectivity index (χ0n) is 13.8. The fourth-order valence-electron chi connectivity index (χ4n) is 2.65. The van der Waals surface area contributed by atoms with Gasteiger partial charge in [-0.3, -0.25) is 14.2 Å². The molecule has 0 spiro atoms. The number of carbonyl (C=O) groups excluding carboxylic acids is 1. The number of nitrogens with zero attached hydrogens (tertiary/aromatic N) is 2. The highest BCUT2D eigenvalue weighted by Gasteiger charge is 2.19. The molecule has 0 atom stereocenters. The van der Waals surface area contributed by atoms with Crippen molar-refractivity contribution >= 4 is 11.8 Å². The van der Waals surface area contributed by atoms with Gasteiger partial charge in [-0.2, -0.15) is 5.26 Å². The van der Waals surface area contributed by atoms with Gasteiger partial charge in [0.1, 0.15) is 17.4 Å².